The van der Waals surface area contributed by atoms with Crippen molar-refractivity contribution >= 4 is 60.3 Å². The van der Waals surface area contributed by atoms with Crippen molar-refractivity contribution in [3.63, 3.8) is 0 Å². The molecule has 0 amide bonds. The van der Waals surface area contributed by atoms with Crippen molar-refractivity contribution in [1.29, 1.82) is 0 Å². The fraction of sp³-hybridized carbons (Fsp3) is 0.294. The van der Waals surface area contributed by atoms with Gasteiger partial charge in [0.1, 0.15) is 0 Å². The normalized spacial score (nSPS) is 10.9. The predicted molar refractivity (Wildman–Crippen MR) is 120 cm³/mol. The van der Waals surface area contributed by atoms with E-state index in [1.807, 2.05) is 17.9 Å². The van der Waals surface area contributed by atoms with E-state index in [1.165, 1.54) is 27.8 Å². The summed E-state index contributed by atoms with van der Waals surface area (Å²) in [5, 5.41) is 0. The van der Waals surface area contributed by atoms with Gasteiger partial charge in [0.05, 0.1) is 0 Å². The number of aryl methyl sites for hydroxylation is 1. The summed E-state index contributed by atoms with van der Waals surface area (Å²) in [5.74, 6) is 2.13. The molecule has 0 fully saturated rings. The molecule has 5 heteroatoms. The molecule has 0 saturated carbocycles. The first-order valence-corrected chi connectivity index (χ1v) is 14.2. The Labute approximate surface area is 165 Å². The van der Waals surface area contributed by atoms with Crippen molar-refractivity contribution < 1.29 is 0 Å². The average molecular weight is 555 g/mol. The molecule has 2 rings (SSSR count). The van der Waals surface area contributed by atoms with Crippen LogP contribution in [0.3, 0.4) is 0 Å². The molecule has 0 bridgehead atoms. The smallest absolute Gasteiger partial charge is 0.0288 e. The van der Waals surface area contributed by atoms with Crippen LogP contribution in [0.1, 0.15) is 23.1 Å². The molecular formula is C17H19I2NS2. The van der Waals surface area contributed by atoms with Gasteiger partial charge in [-0.15, -0.1) is 0 Å². The third-order valence-corrected chi connectivity index (χ3v) is 6.31. The number of nitrogens with two attached hydrogens (primary N) is 1. The van der Waals surface area contributed by atoms with E-state index in [2.05, 4.69) is 84.9 Å². The van der Waals surface area contributed by atoms with Crippen LogP contribution in [-0.2, 0) is 17.9 Å². The Morgan fingerprint density at radius 1 is 0.818 bits per heavy atom. The maximum atomic E-state index is 5.69. The van der Waals surface area contributed by atoms with E-state index in [9.17, 15) is 0 Å². The third kappa shape index (κ3) is 5.58. The lowest BCUT2D eigenvalue weighted by Gasteiger charge is -2.11. The minimum absolute atomic E-state index is 0.754. The topological polar surface area (TPSA) is 26.0 Å². The van der Waals surface area contributed by atoms with Gasteiger partial charge in [-0.1, -0.05) is 60.3 Å². The van der Waals surface area contributed by atoms with Crippen LogP contribution in [0, 0.1) is 0 Å². The zero-order valence-electron chi connectivity index (χ0n) is 12.2. The van der Waals surface area contributed by atoms with Gasteiger partial charge in [-0.3, -0.25) is 0 Å². The summed E-state index contributed by atoms with van der Waals surface area (Å²) in [7, 11) is 3.68. The second-order valence-corrected chi connectivity index (χ2v) is 9.83. The van der Waals surface area contributed by atoms with Gasteiger partial charge in [-0.05, 0) is 89.6 Å². The number of hydrogen-bond acceptors (Lipinski definition) is 3. The van der Waals surface area contributed by atoms with Crippen LogP contribution >= 0.6 is 60.3 Å². The van der Waals surface area contributed by atoms with Gasteiger partial charge in [0.2, 0.25) is 0 Å². The van der Waals surface area contributed by atoms with E-state index in [0.717, 1.165) is 30.9 Å². The maximum absolute atomic E-state index is 5.69. The first kappa shape index (κ1) is 18.9. The fourth-order valence-corrected chi connectivity index (χ4v) is 5.19. The summed E-state index contributed by atoms with van der Waals surface area (Å²) in [5.41, 5.74) is 12.6. The zero-order valence-corrected chi connectivity index (χ0v) is 18.2. The van der Waals surface area contributed by atoms with E-state index in [0.29, 0.717) is 0 Å². The molecule has 0 saturated heterocycles. The summed E-state index contributed by atoms with van der Waals surface area (Å²) >= 11 is 4.71. The minimum atomic E-state index is 0.754. The second kappa shape index (κ2) is 10.4. The Hall–Kier alpha value is 0.560. The van der Waals surface area contributed by atoms with Crippen molar-refractivity contribution in [1.82, 2.24) is 0 Å². The molecule has 2 N–H and O–H groups in total. The Morgan fingerprint density at radius 2 is 1.50 bits per heavy atom. The molecule has 2 aromatic rings. The fourth-order valence-electron chi connectivity index (χ4n) is 2.39. The van der Waals surface area contributed by atoms with Crippen LogP contribution < -0.4 is 5.73 Å². The van der Waals surface area contributed by atoms with Crippen molar-refractivity contribution in [2.45, 2.75) is 24.3 Å². The van der Waals surface area contributed by atoms with Gasteiger partial charge in [-0.25, -0.2) is 0 Å². The number of benzene rings is 2. The zero-order chi connectivity index (χ0) is 15.8. The molecule has 0 unspecified atom stereocenters. The number of hydrogen-bond donors (Lipinski definition) is 1. The quantitative estimate of drug-likeness (QED) is 0.382. The Balaban J connectivity index is 2.26. The lowest BCUT2D eigenvalue weighted by molar-refractivity contribution is 0.827. The molecule has 0 aliphatic rings. The lowest BCUT2D eigenvalue weighted by atomic mass is 9.96. The summed E-state index contributed by atoms with van der Waals surface area (Å²) in [6.45, 7) is 0.754. The van der Waals surface area contributed by atoms with Crippen LogP contribution in [0.25, 0.3) is 11.1 Å². The van der Waals surface area contributed by atoms with Gasteiger partial charge < -0.3 is 5.73 Å². The SMILES string of the molecule is NCCCc1cc(-c2ccc(CSI)cc2)ccc1CSI. The Morgan fingerprint density at radius 3 is 2.14 bits per heavy atom. The van der Waals surface area contributed by atoms with E-state index in [1.54, 1.807) is 0 Å². The number of rotatable bonds is 8. The molecular weight excluding hydrogens is 536 g/mol. The predicted octanol–water partition coefficient (Wildman–Crippen LogP) is 6.41. The first-order chi connectivity index (χ1) is 10.8. The van der Waals surface area contributed by atoms with E-state index < -0.39 is 0 Å². The molecule has 118 valence electrons. The molecule has 1 nitrogen and oxygen atoms in total. The minimum Gasteiger partial charge on any atom is -0.330 e. The first-order valence-electron chi connectivity index (χ1n) is 7.16. The van der Waals surface area contributed by atoms with Gasteiger partial charge in [0.15, 0.2) is 0 Å². The number of halogens is 2. The molecule has 0 aliphatic heterocycles. The van der Waals surface area contributed by atoms with Crippen LogP contribution in [0.15, 0.2) is 42.5 Å². The molecule has 0 heterocycles. The summed E-state index contributed by atoms with van der Waals surface area (Å²) < 4.78 is 0. The second-order valence-electron chi connectivity index (χ2n) is 5.08. The molecule has 0 atom stereocenters. The molecule has 0 spiro atoms. The monoisotopic (exact) mass is 555 g/mol. The van der Waals surface area contributed by atoms with Crippen LogP contribution in [0.2, 0.25) is 0 Å². The lowest BCUT2D eigenvalue weighted by Crippen LogP contribution is -2.02. The largest absolute Gasteiger partial charge is 0.330 e. The van der Waals surface area contributed by atoms with E-state index >= 15 is 0 Å². The summed E-state index contributed by atoms with van der Waals surface area (Å²) in [4.78, 5) is 0. The standard InChI is InChI=1S/C17H19I2NS2/c18-21-11-13-3-5-14(6-4-13)16-7-8-17(12-22-19)15(10-16)2-1-9-20/h3-8,10H,1-2,9,11-12,20H2. The molecule has 0 radical (unpaired) electrons. The highest BCUT2D eigenvalue weighted by Gasteiger charge is 2.06. The summed E-state index contributed by atoms with van der Waals surface area (Å²) in [6, 6.07) is 15.8. The Kier molecular flexibility index (Phi) is 8.96. The van der Waals surface area contributed by atoms with Crippen LogP contribution in [0.5, 0.6) is 0 Å². The average Bonchev–Trinajstić information content (AvgIpc) is 2.55. The Bertz CT molecular complexity index is 588. The van der Waals surface area contributed by atoms with E-state index in [4.69, 9.17) is 5.73 Å². The molecule has 0 aliphatic carbocycles. The maximum Gasteiger partial charge on any atom is 0.0288 e. The van der Waals surface area contributed by atoms with Crippen LogP contribution in [-0.4, -0.2) is 6.54 Å². The van der Waals surface area contributed by atoms with Gasteiger partial charge in [0, 0.05) is 11.5 Å². The van der Waals surface area contributed by atoms with Crippen molar-refractivity contribution in [2.24, 2.45) is 5.73 Å². The highest BCUT2D eigenvalue weighted by atomic mass is 127. The molecule has 22 heavy (non-hydrogen) atoms. The highest BCUT2D eigenvalue weighted by Crippen LogP contribution is 2.28. The van der Waals surface area contributed by atoms with Crippen molar-refractivity contribution in [3.05, 3.63) is 59.2 Å². The van der Waals surface area contributed by atoms with Crippen LogP contribution in [0.4, 0.5) is 0 Å². The van der Waals surface area contributed by atoms with Gasteiger partial charge >= 0.3 is 0 Å². The third-order valence-electron chi connectivity index (χ3n) is 3.58. The molecule has 0 aromatic heterocycles. The summed E-state index contributed by atoms with van der Waals surface area (Å²) in [6.07, 6.45) is 2.12. The highest BCUT2D eigenvalue weighted by molar-refractivity contribution is 14.2. The van der Waals surface area contributed by atoms with Gasteiger partial charge in [-0.2, -0.15) is 0 Å². The van der Waals surface area contributed by atoms with Gasteiger partial charge in [0.25, 0.3) is 0 Å². The molecule has 2 aromatic carbocycles. The van der Waals surface area contributed by atoms with Crippen molar-refractivity contribution in [3.8, 4) is 11.1 Å². The van der Waals surface area contributed by atoms with E-state index in [-0.39, 0.29) is 0 Å². The van der Waals surface area contributed by atoms with Crippen molar-refractivity contribution in [2.75, 3.05) is 6.54 Å².